The van der Waals surface area contributed by atoms with Gasteiger partial charge in [-0.25, -0.2) is 14.6 Å². The van der Waals surface area contributed by atoms with Gasteiger partial charge in [-0.05, 0) is 50.6 Å². The molecule has 0 aliphatic carbocycles. The van der Waals surface area contributed by atoms with Crippen LogP contribution in [0, 0.1) is 19.8 Å². The van der Waals surface area contributed by atoms with Gasteiger partial charge >= 0.3 is 5.97 Å². The van der Waals surface area contributed by atoms with E-state index in [4.69, 9.17) is 9.72 Å². The van der Waals surface area contributed by atoms with Crippen molar-refractivity contribution < 1.29 is 14.3 Å². The van der Waals surface area contributed by atoms with E-state index in [9.17, 15) is 9.59 Å². The van der Waals surface area contributed by atoms with E-state index in [0.29, 0.717) is 49.7 Å². The summed E-state index contributed by atoms with van der Waals surface area (Å²) in [5.41, 5.74) is 3.07. The number of likely N-dealkylation sites (tertiary alicyclic amines) is 1. The van der Waals surface area contributed by atoms with E-state index in [1.54, 1.807) is 40.2 Å². The molecular weight excluding hydrogens is 414 g/mol. The van der Waals surface area contributed by atoms with Gasteiger partial charge in [0, 0.05) is 19.3 Å². The van der Waals surface area contributed by atoms with Crippen molar-refractivity contribution in [1.82, 2.24) is 24.6 Å². The largest absolute Gasteiger partial charge is 0.466 e. The van der Waals surface area contributed by atoms with Crippen LogP contribution in [0.25, 0.3) is 16.5 Å². The lowest BCUT2D eigenvalue weighted by molar-refractivity contribution is -0.149. The monoisotopic (exact) mass is 439 g/mol. The lowest BCUT2D eigenvalue weighted by atomic mass is 9.96. The summed E-state index contributed by atoms with van der Waals surface area (Å²) in [6, 6.07) is 4.01. The zero-order chi connectivity index (χ0) is 22.0. The van der Waals surface area contributed by atoms with E-state index >= 15 is 0 Å². The topological polar surface area (TPSA) is 90.2 Å². The number of rotatable bonds is 5. The molecule has 1 saturated heterocycles. The van der Waals surface area contributed by atoms with E-state index < -0.39 is 0 Å². The Morgan fingerprint density at radius 2 is 2.00 bits per heavy atom. The first-order valence-electron chi connectivity index (χ1n) is 10.4. The van der Waals surface area contributed by atoms with Crippen LogP contribution in [0.4, 0.5) is 0 Å². The Hall–Kier alpha value is -3.07. The number of esters is 1. The molecule has 1 amide bonds. The SMILES string of the molecule is CCOC(=O)C1CCN(C(=O)c2cnn(-c3ncc(C)c(-c4cccs4)n3)c2C)CC1. The summed E-state index contributed by atoms with van der Waals surface area (Å²) in [4.78, 5) is 37.0. The first-order valence-corrected chi connectivity index (χ1v) is 11.3. The van der Waals surface area contributed by atoms with Crippen LogP contribution < -0.4 is 0 Å². The summed E-state index contributed by atoms with van der Waals surface area (Å²) in [7, 11) is 0. The lowest BCUT2D eigenvalue weighted by Crippen LogP contribution is -2.40. The molecule has 9 heteroatoms. The van der Waals surface area contributed by atoms with Crippen LogP contribution in [-0.4, -0.2) is 56.2 Å². The first-order chi connectivity index (χ1) is 15.0. The number of aryl methyl sites for hydroxylation is 1. The van der Waals surface area contributed by atoms with E-state index in [1.165, 1.54) is 0 Å². The predicted octanol–water partition coefficient (Wildman–Crippen LogP) is 3.42. The second-order valence-electron chi connectivity index (χ2n) is 7.55. The van der Waals surface area contributed by atoms with Crippen LogP contribution in [0.5, 0.6) is 0 Å². The molecule has 0 atom stereocenters. The van der Waals surface area contributed by atoms with Gasteiger partial charge in [0.15, 0.2) is 0 Å². The molecule has 1 aliphatic heterocycles. The number of piperidine rings is 1. The molecule has 0 unspecified atom stereocenters. The number of thiophene rings is 1. The van der Waals surface area contributed by atoms with E-state index in [-0.39, 0.29) is 17.8 Å². The fourth-order valence-electron chi connectivity index (χ4n) is 3.77. The summed E-state index contributed by atoms with van der Waals surface area (Å²) >= 11 is 1.62. The van der Waals surface area contributed by atoms with Gasteiger partial charge in [0.05, 0.1) is 40.6 Å². The van der Waals surface area contributed by atoms with Crippen LogP contribution >= 0.6 is 11.3 Å². The Bertz CT molecular complexity index is 1080. The molecule has 1 fully saturated rings. The van der Waals surface area contributed by atoms with Gasteiger partial charge in [0.25, 0.3) is 11.9 Å². The average Bonchev–Trinajstić information content (AvgIpc) is 3.44. The quantitative estimate of drug-likeness (QED) is 0.566. The van der Waals surface area contributed by atoms with Gasteiger partial charge in [-0.3, -0.25) is 9.59 Å². The van der Waals surface area contributed by atoms with Crippen molar-refractivity contribution >= 4 is 23.2 Å². The maximum absolute atomic E-state index is 13.1. The van der Waals surface area contributed by atoms with Gasteiger partial charge in [0.1, 0.15) is 0 Å². The van der Waals surface area contributed by atoms with Gasteiger partial charge in [-0.1, -0.05) is 6.07 Å². The van der Waals surface area contributed by atoms with Crippen molar-refractivity contribution in [2.75, 3.05) is 19.7 Å². The summed E-state index contributed by atoms with van der Waals surface area (Å²) in [5.74, 6) is 0.0457. The third-order valence-corrected chi connectivity index (χ3v) is 6.42. The van der Waals surface area contributed by atoms with Crippen molar-refractivity contribution in [3.8, 4) is 16.5 Å². The molecule has 0 aromatic carbocycles. The third-order valence-electron chi connectivity index (χ3n) is 5.55. The molecule has 0 N–H and O–H groups in total. The van der Waals surface area contributed by atoms with Crippen molar-refractivity contribution in [2.24, 2.45) is 5.92 Å². The Labute approximate surface area is 184 Å². The highest BCUT2D eigenvalue weighted by Gasteiger charge is 2.30. The number of hydrogen-bond acceptors (Lipinski definition) is 7. The van der Waals surface area contributed by atoms with E-state index in [1.807, 2.05) is 31.4 Å². The zero-order valence-electron chi connectivity index (χ0n) is 17.9. The number of aromatic nitrogens is 4. The third kappa shape index (κ3) is 4.23. The number of hydrogen-bond donors (Lipinski definition) is 0. The van der Waals surface area contributed by atoms with Crippen LogP contribution in [-0.2, 0) is 9.53 Å². The molecule has 0 radical (unpaired) electrons. The maximum atomic E-state index is 13.1. The highest BCUT2D eigenvalue weighted by Crippen LogP contribution is 2.27. The van der Waals surface area contributed by atoms with E-state index in [0.717, 1.165) is 16.1 Å². The van der Waals surface area contributed by atoms with Crippen molar-refractivity contribution in [2.45, 2.75) is 33.6 Å². The molecule has 1 aliphatic rings. The summed E-state index contributed by atoms with van der Waals surface area (Å²) < 4.78 is 6.72. The minimum atomic E-state index is -0.170. The Morgan fingerprint density at radius 3 is 2.68 bits per heavy atom. The number of carbonyl (C=O) groups excluding carboxylic acids is 2. The molecule has 0 saturated carbocycles. The number of ether oxygens (including phenoxy) is 1. The number of nitrogens with zero attached hydrogens (tertiary/aromatic N) is 5. The Kier molecular flexibility index (Phi) is 6.13. The van der Waals surface area contributed by atoms with Crippen molar-refractivity contribution in [1.29, 1.82) is 0 Å². The Balaban J connectivity index is 1.52. The average molecular weight is 440 g/mol. The second-order valence-corrected chi connectivity index (χ2v) is 8.50. The molecule has 162 valence electrons. The zero-order valence-corrected chi connectivity index (χ0v) is 18.7. The molecule has 8 nitrogen and oxygen atoms in total. The summed E-state index contributed by atoms with van der Waals surface area (Å²) in [5, 5.41) is 6.41. The molecule has 0 bridgehead atoms. The van der Waals surface area contributed by atoms with Gasteiger partial charge in [0.2, 0.25) is 0 Å². The van der Waals surface area contributed by atoms with Crippen molar-refractivity contribution in [3.63, 3.8) is 0 Å². The smallest absolute Gasteiger partial charge is 0.309 e. The number of carbonyl (C=O) groups is 2. The normalized spacial score (nSPS) is 14.6. The van der Waals surface area contributed by atoms with Crippen LogP contribution in [0.1, 0.15) is 41.4 Å². The first kappa shape index (κ1) is 21.2. The minimum absolute atomic E-state index is 0.0864. The highest BCUT2D eigenvalue weighted by molar-refractivity contribution is 7.13. The van der Waals surface area contributed by atoms with Crippen LogP contribution in [0.3, 0.4) is 0 Å². The molecule has 31 heavy (non-hydrogen) atoms. The van der Waals surface area contributed by atoms with E-state index in [2.05, 4.69) is 10.1 Å². The molecule has 3 aromatic heterocycles. The minimum Gasteiger partial charge on any atom is -0.466 e. The molecule has 0 spiro atoms. The lowest BCUT2D eigenvalue weighted by Gasteiger charge is -2.30. The Morgan fingerprint density at radius 1 is 1.23 bits per heavy atom. The second kappa shape index (κ2) is 8.97. The van der Waals surface area contributed by atoms with Crippen LogP contribution in [0.15, 0.2) is 29.9 Å². The van der Waals surface area contributed by atoms with Gasteiger partial charge in [-0.15, -0.1) is 11.3 Å². The molecule has 4 heterocycles. The summed E-state index contributed by atoms with van der Waals surface area (Å²) in [6.45, 7) is 7.06. The molecule has 4 rings (SSSR count). The van der Waals surface area contributed by atoms with Crippen molar-refractivity contribution in [3.05, 3.63) is 46.7 Å². The van der Waals surface area contributed by atoms with Crippen LogP contribution in [0.2, 0.25) is 0 Å². The fraction of sp³-hybridized carbons (Fsp3) is 0.409. The summed E-state index contributed by atoms with van der Waals surface area (Å²) in [6.07, 6.45) is 4.58. The van der Waals surface area contributed by atoms with Gasteiger partial charge in [-0.2, -0.15) is 5.10 Å². The van der Waals surface area contributed by atoms with Gasteiger partial charge < -0.3 is 9.64 Å². The number of amides is 1. The standard InChI is InChI=1S/C22H25N5O3S/c1-4-30-21(29)16-7-9-26(10-8-16)20(28)17-13-24-27(15(17)3)22-23-12-14(2)19(25-22)18-6-5-11-31-18/h5-6,11-13,16H,4,7-10H2,1-3H3. The molecular formula is C22H25N5O3S. The highest BCUT2D eigenvalue weighted by atomic mass is 32.1. The molecule has 3 aromatic rings. The maximum Gasteiger partial charge on any atom is 0.309 e. The fourth-order valence-corrected chi connectivity index (χ4v) is 4.55. The predicted molar refractivity (Wildman–Crippen MR) is 117 cm³/mol.